The summed E-state index contributed by atoms with van der Waals surface area (Å²) in [5.41, 5.74) is -0.466. The van der Waals surface area contributed by atoms with Gasteiger partial charge in [-0.25, -0.2) is 4.79 Å². The van der Waals surface area contributed by atoms with Crippen molar-refractivity contribution in [3.63, 3.8) is 0 Å². The van der Waals surface area contributed by atoms with Gasteiger partial charge in [0, 0.05) is 32.7 Å². The molecular weight excluding hydrogens is 282 g/mol. The summed E-state index contributed by atoms with van der Waals surface area (Å²) in [6, 6.07) is 0.365. The molecule has 1 rings (SSSR count). The van der Waals surface area contributed by atoms with E-state index in [1.54, 1.807) is 19.0 Å². The van der Waals surface area contributed by atoms with Crippen LogP contribution in [0.1, 0.15) is 47.0 Å². The third kappa shape index (κ3) is 6.22. The van der Waals surface area contributed by atoms with E-state index in [2.05, 4.69) is 12.2 Å². The maximum Gasteiger partial charge on any atom is 0.410 e. The van der Waals surface area contributed by atoms with E-state index in [9.17, 15) is 9.59 Å². The largest absolute Gasteiger partial charge is 0.444 e. The van der Waals surface area contributed by atoms with Crippen LogP contribution in [0.2, 0.25) is 0 Å². The smallest absolute Gasteiger partial charge is 0.410 e. The van der Waals surface area contributed by atoms with E-state index in [4.69, 9.17) is 4.74 Å². The highest BCUT2D eigenvalue weighted by molar-refractivity contribution is 5.77. The second-order valence-corrected chi connectivity index (χ2v) is 7.28. The number of amides is 2. The molecule has 1 fully saturated rings. The molecular formula is C16H31N3O3. The summed E-state index contributed by atoms with van der Waals surface area (Å²) in [4.78, 5) is 27.2. The van der Waals surface area contributed by atoms with Crippen molar-refractivity contribution in [1.29, 1.82) is 0 Å². The molecule has 0 aromatic carbocycles. The molecule has 1 aliphatic heterocycles. The van der Waals surface area contributed by atoms with Crippen LogP contribution in [0.25, 0.3) is 0 Å². The molecule has 128 valence electrons. The van der Waals surface area contributed by atoms with Crippen molar-refractivity contribution < 1.29 is 14.3 Å². The number of hydrogen-bond acceptors (Lipinski definition) is 4. The predicted octanol–water partition coefficient (Wildman–Crippen LogP) is 1.84. The van der Waals surface area contributed by atoms with Crippen LogP contribution in [0.4, 0.5) is 4.79 Å². The Bertz CT molecular complexity index is 391. The number of likely N-dealkylation sites (tertiary alicyclic amines) is 1. The predicted molar refractivity (Wildman–Crippen MR) is 86.7 cm³/mol. The number of carbonyl (C=O) groups excluding carboxylic acids is 2. The van der Waals surface area contributed by atoms with Crippen LogP contribution in [0.5, 0.6) is 0 Å². The molecule has 0 saturated carbocycles. The van der Waals surface area contributed by atoms with Crippen LogP contribution in [0.3, 0.4) is 0 Å². The van der Waals surface area contributed by atoms with Gasteiger partial charge in [-0.2, -0.15) is 0 Å². The average Bonchev–Trinajstić information content (AvgIpc) is 2.81. The van der Waals surface area contributed by atoms with Gasteiger partial charge in [-0.05, 0) is 47.0 Å². The molecule has 0 spiro atoms. The lowest BCUT2D eigenvalue weighted by molar-refractivity contribution is -0.127. The molecule has 6 nitrogen and oxygen atoms in total. The minimum atomic E-state index is -0.466. The first-order valence-corrected chi connectivity index (χ1v) is 8.03. The first kappa shape index (κ1) is 18.7. The van der Waals surface area contributed by atoms with Crippen LogP contribution < -0.4 is 5.32 Å². The Kier molecular flexibility index (Phi) is 6.66. The van der Waals surface area contributed by atoms with Crippen LogP contribution in [-0.4, -0.2) is 66.7 Å². The van der Waals surface area contributed by atoms with Gasteiger partial charge in [-0.3, -0.25) is 4.79 Å². The zero-order valence-corrected chi connectivity index (χ0v) is 14.8. The van der Waals surface area contributed by atoms with Gasteiger partial charge in [0.1, 0.15) is 5.60 Å². The summed E-state index contributed by atoms with van der Waals surface area (Å²) < 4.78 is 5.47. The summed E-state index contributed by atoms with van der Waals surface area (Å²) in [6.45, 7) is 8.78. The highest BCUT2D eigenvalue weighted by Crippen LogP contribution is 2.23. The molecule has 6 heteroatoms. The van der Waals surface area contributed by atoms with Crippen LogP contribution in [0.15, 0.2) is 0 Å². The van der Waals surface area contributed by atoms with Gasteiger partial charge in [0.2, 0.25) is 5.91 Å². The highest BCUT2D eigenvalue weighted by atomic mass is 16.6. The quantitative estimate of drug-likeness (QED) is 0.841. The molecule has 1 heterocycles. The molecule has 2 unspecified atom stereocenters. The van der Waals surface area contributed by atoms with Gasteiger partial charge in [0.05, 0.1) is 6.54 Å². The Balaban J connectivity index is 2.46. The van der Waals surface area contributed by atoms with Gasteiger partial charge < -0.3 is 19.9 Å². The molecule has 0 aliphatic carbocycles. The topological polar surface area (TPSA) is 61.9 Å². The molecule has 0 radical (unpaired) electrons. The summed E-state index contributed by atoms with van der Waals surface area (Å²) in [6.07, 6.45) is 2.60. The van der Waals surface area contributed by atoms with E-state index in [1.807, 2.05) is 25.7 Å². The SMILES string of the molecule is CC(CC1CCCN1C(=O)OC(C)(C)C)NCC(=O)N(C)C. The minimum absolute atomic E-state index is 0.0577. The fraction of sp³-hybridized carbons (Fsp3) is 0.875. The number of nitrogens with one attached hydrogen (secondary N) is 1. The molecule has 0 bridgehead atoms. The maximum absolute atomic E-state index is 12.2. The van der Waals surface area contributed by atoms with Crippen molar-refractivity contribution in [2.75, 3.05) is 27.2 Å². The van der Waals surface area contributed by atoms with Gasteiger partial charge in [0.25, 0.3) is 0 Å². The Morgan fingerprint density at radius 1 is 1.36 bits per heavy atom. The van der Waals surface area contributed by atoms with E-state index >= 15 is 0 Å². The number of rotatable bonds is 5. The van der Waals surface area contributed by atoms with Gasteiger partial charge in [-0.15, -0.1) is 0 Å². The van der Waals surface area contributed by atoms with Crippen LogP contribution >= 0.6 is 0 Å². The van der Waals surface area contributed by atoms with Gasteiger partial charge >= 0.3 is 6.09 Å². The number of nitrogens with zero attached hydrogens (tertiary/aromatic N) is 2. The summed E-state index contributed by atoms with van der Waals surface area (Å²) in [5, 5.41) is 3.23. The van der Waals surface area contributed by atoms with E-state index in [0.29, 0.717) is 6.54 Å². The molecule has 1 saturated heterocycles. The minimum Gasteiger partial charge on any atom is -0.444 e. The number of likely N-dealkylation sites (N-methyl/N-ethyl adjacent to an activating group) is 1. The van der Waals surface area contributed by atoms with Crippen LogP contribution in [0, 0.1) is 0 Å². The molecule has 1 aliphatic rings. The van der Waals surface area contributed by atoms with Gasteiger partial charge in [0.15, 0.2) is 0 Å². The van der Waals surface area contributed by atoms with E-state index < -0.39 is 5.60 Å². The average molecular weight is 313 g/mol. The van der Waals surface area contributed by atoms with Crippen molar-refractivity contribution in [3.05, 3.63) is 0 Å². The monoisotopic (exact) mass is 313 g/mol. The lowest BCUT2D eigenvalue weighted by atomic mass is 10.1. The fourth-order valence-electron chi connectivity index (χ4n) is 2.55. The third-order valence-corrected chi connectivity index (χ3v) is 3.73. The summed E-state index contributed by atoms with van der Waals surface area (Å²) in [5.74, 6) is 0.0577. The van der Waals surface area contributed by atoms with Crippen molar-refractivity contribution in [1.82, 2.24) is 15.1 Å². The fourth-order valence-corrected chi connectivity index (χ4v) is 2.55. The Morgan fingerprint density at radius 3 is 2.55 bits per heavy atom. The normalized spacial score (nSPS) is 19.9. The molecule has 22 heavy (non-hydrogen) atoms. The summed E-state index contributed by atoms with van der Waals surface area (Å²) >= 11 is 0. The van der Waals surface area contributed by atoms with E-state index in [-0.39, 0.29) is 24.1 Å². The van der Waals surface area contributed by atoms with E-state index in [1.165, 1.54) is 0 Å². The van der Waals surface area contributed by atoms with Crippen molar-refractivity contribution in [2.24, 2.45) is 0 Å². The highest BCUT2D eigenvalue weighted by Gasteiger charge is 2.32. The first-order valence-electron chi connectivity index (χ1n) is 8.03. The number of carbonyl (C=O) groups is 2. The zero-order chi connectivity index (χ0) is 16.9. The van der Waals surface area contributed by atoms with Gasteiger partial charge in [-0.1, -0.05) is 0 Å². The Hall–Kier alpha value is -1.30. The Labute approximate surface area is 134 Å². The second kappa shape index (κ2) is 7.81. The Morgan fingerprint density at radius 2 is 2.00 bits per heavy atom. The van der Waals surface area contributed by atoms with Crippen molar-refractivity contribution in [2.45, 2.75) is 64.6 Å². The maximum atomic E-state index is 12.2. The van der Waals surface area contributed by atoms with Crippen molar-refractivity contribution in [3.8, 4) is 0 Å². The first-order chi connectivity index (χ1) is 10.1. The molecule has 2 atom stereocenters. The number of hydrogen-bond donors (Lipinski definition) is 1. The van der Waals surface area contributed by atoms with E-state index in [0.717, 1.165) is 25.8 Å². The lowest BCUT2D eigenvalue weighted by Crippen LogP contribution is -2.44. The standard InChI is InChI=1S/C16H31N3O3/c1-12(17-11-14(20)18(5)6)10-13-8-7-9-19(13)15(21)22-16(2,3)4/h12-13,17H,7-11H2,1-6H3. The molecule has 0 aromatic heterocycles. The molecule has 2 amide bonds. The third-order valence-electron chi connectivity index (χ3n) is 3.73. The second-order valence-electron chi connectivity index (χ2n) is 7.28. The zero-order valence-electron chi connectivity index (χ0n) is 14.8. The number of ether oxygens (including phenoxy) is 1. The summed E-state index contributed by atoms with van der Waals surface area (Å²) in [7, 11) is 3.49. The molecule has 0 aromatic rings. The van der Waals surface area contributed by atoms with Crippen LogP contribution in [-0.2, 0) is 9.53 Å². The van der Waals surface area contributed by atoms with Crippen molar-refractivity contribution >= 4 is 12.0 Å². The lowest BCUT2D eigenvalue weighted by Gasteiger charge is -2.30. The molecule has 1 N–H and O–H groups in total.